The summed E-state index contributed by atoms with van der Waals surface area (Å²) >= 11 is 0. The second-order valence-electron chi connectivity index (χ2n) is 5.43. The smallest absolute Gasteiger partial charge is 0.257 e. The van der Waals surface area contributed by atoms with E-state index in [0.29, 0.717) is 25.0 Å². The van der Waals surface area contributed by atoms with Gasteiger partial charge in [0.25, 0.3) is 10.0 Å². The highest BCUT2D eigenvalue weighted by molar-refractivity contribution is 7.89. The SMILES string of the molecule is Cc1ncc(S(=O)(=O)NCC2CN3CCCC3CO2)[nH]1. The first-order valence-electron chi connectivity index (χ1n) is 6.91. The van der Waals surface area contributed by atoms with Gasteiger partial charge in [0.05, 0.1) is 18.9 Å². The molecule has 7 nitrogen and oxygen atoms in total. The van der Waals surface area contributed by atoms with Crippen molar-refractivity contribution in [1.82, 2.24) is 19.6 Å². The Bertz CT molecular complexity index is 571. The molecule has 0 bridgehead atoms. The lowest BCUT2D eigenvalue weighted by Gasteiger charge is -2.35. The van der Waals surface area contributed by atoms with Crippen LogP contribution >= 0.6 is 0 Å². The number of aromatic amines is 1. The van der Waals surface area contributed by atoms with Crippen molar-refractivity contribution in [2.45, 2.75) is 36.9 Å². The number of nitrogens with one attached hydrogen (secondary N) is 2. The van der Waals surface area contributed by atoms with Crippen LogP contribution in [0.3, 0.4) is 0 Å². The largest absolute Gasteiger partial charge is 0.374 e. The summed E-state index contributed by atoms with van der Waals surface area (Å²) in [6.45, 7) is 4.61. The molecule has 2 aliphatic heterocycles. The predicted octanol–water partition coefficient (Wildman–Crippen LogP) is -0.140. The quantitative estimate of drug-likeness (QED) is 0.808. The van der Waals surface area contributed by atoms with Crippen molar-refractivity contribution in [2.24, 2.45) is 0 Å². The molecule has 2 atom stereocenters. The monoisotopic (exact) mass is 300 g/mol. The molecular formula is C12H20N4O3S. The third-order valence-corrected chi connectivity index (χ3v) is 5.26. The van der Waals surface area contributed by atoms with Crippen molar-refractivity contribution in [3.63, 3.8) is 0 Å². The molecule has 2 aliphatic rings. The fourth-order valence-corrected chi connectivity index (χ4v) is 3.86. The number of hydrogen-bond donors (Lipinski definition) is 2. The Hall–Kier alpha value is -0.960. The molecule has 2 saturated heterocycles. The van der Waals surface area contributed by atoms with E-state index >= 15 is 0 Å². The lowest BCUT2D eigenvalue weighted by molar-refractivity contribution is -0.0449. The number of fused-ring (bicyclic) bond motifs is 1. The van der Waals surface area contributed by atoms with Crippen molar-refractivity contribution in [3.8, 4) is 0 Å². The third kappa shape index (κ3) is 2.88. The zero-order valence-electron chi connectivity index (χ0n) is 11.5. The van der Waals surface area contributed by atoms with Crippen molar-refractivity contribution in [3.05, 3.63) is 12.0 Å². The summed E-state index contributed by atoms with van der Waals surface area (Å²) in [7, 11) is -3.53. The van der Waals surface area contributed by atoms with E-state index in [4.69, 9.17) is 4.74 Å². The van der Waals surface area contributed by atoms with Crippen LogP contribution in [0.1, 0.15) is 18.7 Å². The van der Waals surface area contributed by atoms with Gasteiger partial charge in [0.2, 0.25) is 0 Å². The van der Waals surface area contributed by atoms with Crippen LogP contribution < -0.4 is 4.72 Å². The minimum atomic E-state index is -3.53. The number of rotatable bonds is 4. The van der Waals surface area contributed by atoms with Gasteiger partial charge in [-0.3, -0.25) is 4.90 Å². The van der Waals surface area contributed by atoms with Crippen LogP contribution in [-0.2, 0) is 14.8 Å². The van der Waals surface area contributed by atoms with Gasteiger partial charge in [-0.25, -0.2) is 18.1 Å². The minimum absolute atomic E-state index is 0.0804. The van der Waals surface area contributed by atoms with E-state index < -0.39 is 10.0 Å². The summed E-state index contributed by atoms with van der Waals surface area (Å²) in [4.78, 5) is 9.03. The van der Waals surface area contributed by atoms with Crippen LogP contribution in [0.2, 0.25) is 0 Å². The molecule has 1 aromatic heterocycles. The Balaban J connectivity index is 1.56. The Kier molecular flexibility index (Phi) is 3.80. The number of H-pyrrole nitrogens is 1. The first-order chi connectivity index (χ1) is 9.54. The number of morpholine rings is 1. The van der Waals surface area contributed by atoms with Crippen molar-refractivity contribution in [2.75, 3.05) is 26.2 Å². The summed E-state index contributed by atoms with van der Waals surface area (Å²) in [5.74, 6) is 0.583. The molecule has 1 aromatic rings. The van der Waals surface area contributed by atoms with Gasteiger partial charge in [-0.05, 0) is 26.3 Å². The van der Waals surface area contributed by atoms with Crippen LogP contribution in [0.5, 0.6) is 0 Å². The molecule has 2 unspecified atom stereocenters. The van der Waals surface area contributed by atoms with E-state index in [0.717, 1.165) is 13.1 Å². The van der Waals surface area contributed by atoms with Crippen LogP contribution in [0.4, 0.5) is 0 Å². The molecular weight excluding hydrogens is 280 g/mol. The van der Waals surface area contributed by atoms with Crippen LogP contribution in [-0.4, -0.2) is 61.7 Å². The Morgan fingerprint density at radius 2 is 2.45 bits per heavy atom. The molecule has 20 heavy (non-hydrogen) atoms. The third-order valence-electron chi connectivity index (χ3n) is 3.93. The van der Waals surface area contributed by atoms with Gasteiger partial charge in [-0.1, -0.05) is 0 Å². The summed E-state index contributed by atoms with van der Waals surface area (Å²) in [5, 5.41) is 0.102. The van der Waals surface area contributed by atoms with E-state index in [1.807, 2.05) is 0 Å². The Labute approximate surface area is 118 Å². The maximum Gasteiger partial charge on any atom is 0.257 e. The number of ether oxygens (including phenoxy) is 1. The standard InChI is InChI=1S/C12H20N4O3S/c1-9-13-6-12(15-9)20(17,18)14-5-11-7-16-4-2-3-10(16)8-19-11/h6,10-11,14H,2-5,7-8H2,1H3,(H,13,15). The minimum Gasteiger partial charge on any atom is -0.374 e. The zero-order chi connectivity index (χ0) is 14.2. The summed E-state index contributed by atoms with van der Waals surface area (Å²) in [6.07, 6.45) is 3.64. The molecule has 3 heterocycles. The molecule has 112 valence electrons. The first-order valence-corrected chi connectivity index (χ1v) is 8.40. The van der Waals surface area contributed by atoms with Gasteiger partial charge in [0.1, 0.15) is 5.82 Å². The van der Waals surface area contributed by atoms with Gasteiger partial charge in [0.15, 0.2) is 5.03 Å². The summed E-state index contributed by atoms with van der Waals surface area (Å²) in [6, 6.07) is 0.526. The average molecular weight is 300 g/mol. The zero-order valence-corrected chi connectivity index (χ0v) is 12.3. The number of aryl methyl sites for hydroxylation is 1. The molecule has 0 spiro atoms. The Morgan fingerprint density at radius 1 is 1.60 bits per heavy atom. The van der Waals surface area contributed by atoms with E-state index in [1.54, 1.807) is 6.92 Å². The van der Waals surface area contributed by atoms with Crippen LogP contribution in [0.25, 0.3) is 0 Å². The predicted molar refractivity (Wildman–Crippen MR) is 72.8 cm³/mol. The van der Waals surface area contributed by atoms with Gasteiger partial charge in [-0.15, -0.1) is 0 Å². The molecule has 2 fully saturated rings. The van der Waals surface area contributed by atoms with Crippen LogP contribution in [0, 0.1) is 6.92 Å². The van der Waals surface area contributed by atoms with Crippen molar-refractivity contribution in [1.29, 1.82) is 0 Å². The topological polar surface area (TPSA) is 87.3 Å². The van der Waals surface area contributed by atoms with Crippen molar-refractivity contribution >= 4 is 10.0 Å². The molecule has 0 aromatic carbocycles. The normalized spacial score (nSPS) is 27.6. The van der Waals surface area contributed by atoms with Gasteiger partial charge in [-0.2, -0.15) is 0 Å². The lowest BCUT2D eigenvalue weighted by Crippen LogP contribution is -2.50. The molecule has 0 aliphatic carbocycles. The maximum absolute atomic E-state index is 12.1. The molecule has 3 rings (SSSR count). The number of nitrogens with zero attached hydrogens (tertiary/aromatic N) is 2. The van der Waals surface area contributed by atoms with Gasteiger partial charge < -0.3 is 9.72 Å². The summed E-state index contributed by atoms with van der Waals surface area (Å²) < 4.78 is 32.5. The van der Waals surface area contributed by atoms with Crippen LogP contribution in [0.15, 0.2) is 11.2 Å². The number of imidazole rings is 1. The molecule has 0 amide bonds. The molecule has 0 radical (unpaired) electrons. The first kappa shape index (κ1) is 14.0. The average Bonchev–Trinajstić information content (AvgIpc) is 3.04. The molecule has 0 saturated carbocycles. The highest BCUT2D eigenvalue weighted by Gasteiger charge is 2.32. The molecule has 8 heteroatoms. The van der Waals surface area contributed by atoms with E-state index in [2.05, 4.69) is 19.6 Å². The van der Waals surface area contributed by atoms with Gasteiger partial charge >= 0.3 is 0 Å². The summed E-state index contributed by atoms with van der Waals surface area (Å²) in [5.41, 5.74) is 0. The highest BCUT2D eigenvalue weighted by atomic mass is 32.2. The highest BCUT2D eigenvalue weighted by Crippen LogP contribution is 2.22. The Morgan fingerprint density at radius 3 is 3.20 bits per heavy atom. The molecule has 2 N–H and O–H groups in total. The van der Waals surface area contributed by atoms with Gasteiger partial charge in [0, 0.05) is 19.1 Å². The fourth-order valence-electron chi connectivity index (χ4n) is 2.82. The van der Waals surface area contributed by atoms with E-state index in [1.165, 1.54) is 19.0 Å². The maximum atomic E-state index is 12.1. The van der Waals surface area contributed by atoms with E-state index in [9.17, 15) is 8.42 Å². The van der Waals surface area contributed by atoms with E-state index in [-0.39, 0.29) is 11.1 Å². The second-order valence-corrected chi connectivity index (χ2v) is 7.17. The lowest BCUT2D eigenvalue weighted by atomic mass is 10.2. The van der Waals surface area contributed by atoms with Crippen molar-refractivity contribution < 1.29 is 13.2 Å². The number of sulfonamides is 1. The fraction of sp³-hybridized carbons (Fsp3) is 0.750. The number of aromatic nitrogens is 2. The number of hydrogen-bond acceptors (Lipinski definition) is 5. The second kappa shape index (κ2) is 5.44.